The minimum Gasteiger partial charge on any atom is -0.497 e. The summed E-state index contributed by atoms with van der Waals surface area (Å²) in [5.41, 5.74) is 1.97. The molecule has 2 aromatic rings. The summed E-state index contributed by atoms with van der Waals surface area (Å²) < 4.78 is 11.0. The molecule has 0 spiro atoms. The van der Waals surface area contributed by atoms with Gasteiger partial charge in [-0.2, -0.15) is 0 Å². The molecule has 1 N–H and O–H groups in total. The number of methoxy groups -OCH3 is 1. The van der Waals surface area contributed by atoms with Crippen LogP contribution in [0.25, 0.3) is 0 Å². The maximum absolute atomic E-state index is 13.2. The first-order chi connectivity index (χ1) is 14.9. The average molecular weight is 427 g/mol. The van der Waals surface area contributed by atoms with Crippen molar-refractivity contribution in [3.8, 4) is 11.5 Å². The van der Waals surface area contributed by atoms with Gasteiger partial charge in [0.05, 0.1) is 7.11 Å². The molecule has 168 valence electrons. The molecule has 0 heterocycles. The molecular weight excluding hydrogens is 392 g/mol. The molecule has 0 saturated heterocycles. The second kappa shape index (κ2) is 12.0. The Morgan fingerprint density at radius 2 is 1.74 bits per heavy atom. The molecule has 31 heavy (non-hydrogen) atoms. The number of amides is 2. The molecule has 2 aromatic carbocycles. The van der Waals surface area contributed by atoms with E-state index in [4.69, 9.17) is 9.47 Å². The first-order valence-corrected chi connectivity index (χ1v) is 10.8. The summed E-state index contributed by atoms with van der Waals surface area (Å²) in [7, 11) is 1.61. The summed E-state index contributed by atoms with van der Waals surface area (Å²) in [6.07, 6.45) is 1.33. The van der Waals surface area contributed by atoms with E-state index in [2.05, 4.69) is 5.32 Å². The Labute approximate surface area is 185 Å². The van der Waals surface area contributed by atoms with E-state index >= 15 is 0 Å². The monoisotopic (exact) mass is 426 g/mol. The predicted molar refractivity (Wildman–Crippen MR) is 122 cm³/mol. The van der Waals surface area contributed by atoms with Crippen molar-refractivity contribution in [1.82, 2.24) is 10.2 Å². The van der Waals surface area contributed by atoms with Crippen molar-refractivity contribution in [2.75, 3.05) is 13.7 Å². The van der Waals surface area contributed by atoms with Gasteiger partial charge < -0.3 is 19.7 Å². The van der Waals surface area contributed by atoms with Crippen LogP contribution in [0.5, 0.6) is 11.5 Å². The molecule has 6 nitrogen and oxygen atoms in total. The lowest BCUT2D eigenvalue weighted by atomic mass is 10.1. The summed E-state index contributed by atoms with van der Waals surface area (Å²) in [5.74, 6) is 0.999. The van der Waals surface area contributed by atoms with Gasteiger partial charge in [-0.05, 0) is 62.1 Å². The second-order valence-electron chi connectivity index (χ2n) is 7.72. The smallest absolute Gasteiger partial charge is 0.261 e. The number of nitrogens with zero attached hydrogens (tertiary/aromatic N) is 1. The van der Waals surface area contributed by atoms with Crippen LogP contribution in [0.3, 0.4) is 0 Å². The van der Waals surface area contributed by atoms with E-state index in [1.807, 2.05) is 76.2 Å². The summed E-state index contributed by atoms with van der Waals surface area (Å²) in [5, 5.41) is 3.01. The molecule has 0 aliphatic heterocycles. The van der Waals surface area contributed by atoms with Crippen molar-refractivity contribution in [2.24, 2.45) is 0 Å². The van der Waals surface area contributed by atoms with Crippen LogP contribution in [0.15, 0.2) is 48.5 Å². The van der Waals surface area contributed by atoms with Gasteiger partial charge in [0.15, 0.2) is 6.61 Å². The first-order valence-electron chi connectivity index (χ1n) is 10.8. The minimum absolute atomic E-state index is 0.0445. The Bertz CT molecular complexity index is 851. The standard InChI is InChI=1S/C25H34N2O4/c1-6-19(4)26-25(29)23(7-2)27(16-20-11-13-21(30-5)14-12-20)24(28)17-31-22-10-8-9-18(3)15-22/h8-15,19,23H,6-7,16-17H2,1-5H3,(H,26,29)/t19-,23-/m1/s1. The Kier molecular flexibility index (Phi) is 9.38. The highest BCUT2D eigenvalue weighted by Gasteiger charge is 2.29. The molecule has 0 unspecified atom stereocenters. The van der Waals surface area contributed by atoms with E-state index in [9.17, 15) is 9.59 Å². The van der Waals surface area contributed by atoms with Crippen LogP contribution < -0.4 is 14.8 Å². The van der Waals surface area contributed by atoms with Crippen LogP contribution in [0.2, 0.25) is 0 Å². The van der Waals surface area contributed by atoms with Crippen LogP contribution in [0.4, 0.5) is 0 Å². The maximum atomic E-state index is 13.2. The molecule has 0 aromatic heterocycles. The fourth-order valence-electron chi connectivity index (χ4n) is 3.22. The zero-order valence-electron chi connectivity index (χ0n) is 19.2. The number of carbonyl (C=O) groups excluding carboxylic acids is 2. The number of carbonyl (C=O) groups is 2. The normalized spacial score (nSPS) is 12.5. The molecule has 0 bridgehead atoms. The maximum Gasteiger partial charge on any atom is 0.261 e. The number of aryl methyl sites for hydroxylation is 1. The number of hydrogen-bond acceptors (Lipinski definition) is 4. The Hall–Kier alpha value is -3.02. The lowest BCUT2D eigenvalue weighted by Gasteiger charge is -2.31. The molecule has 0 saturated carbocycles. The lowest BCUT2D eigenvalue weighted by Crippen LogP contribution is -2.51. The first kappa shape index (κ1) is 24.3. The van der Waals surface area contributed by atoms with Crippen molar-refractivity contribution in [3.05, 3.63) is 59.7 Å². The summed E-state index contributed by atoms with van der Waals surface area (Å²) >= 11 is 0. The summed E-state index contributed by atoms with van der Waals surface area (Å²) in [6, 6.07) is 14.5. The molecule has 0 aliphatic carbocycles. The second-order valence-corrected chi connectivity index (χ2v) is 7.72. The number of benzene rings is 2. The highest BCUT2D eigenvalue weighted by molar-refractivity contribution is 5.88. The van der Waals surface area contributed by atoms with E-state index < -0.39 is 6.04 Å². The van der Waals surface area contributed by atoms with Crippen LogP contribution in [0.1, 0.15) is 44.7 Å². The largest absolute Gasteiger partial charge is 0.497 e. The van der Waals surface area contributed by atoms with Crippen molar-refractivity contribution < 1.29 is 19.1 Å². The van der Waals surface area contributed by atoms with Crippen molar-refractivity contribution in [3.63, 3.8) is 0 Å². The van der Waals surface area contributed by atoms with Crippen LogP contribution >= 0.6 is 0 Å². The van der Waals surface area contributed by atoms with Crippen LogP contribution in [0, 0.1) is 6.92 Å². The molecule has 2 atom stereocenters. The third kappa shape index (κ3) is 7.31. The molecule has 6 heteroatoms. The third-order valence-corrected chi connectivity index (χ3v) is 5.25. The van der Waals surface area contributed by atoms with E-state index in [1.54, 1.807) is 12.0 Å². The lowest BCUT2D eigenvalue weighted by molar-refractivity contribution is -0.143. The Balaban J connectivity index is 2.21. The number of nitrogens with one attached hydrogen (secondary N) is 1. The average Bonchev–Trinajstić information content (AvgIpc) is 2.77. The van der Waals surface area contributed by atoms with E-state index in [-0.39, 0.29) is 24.5 Å². The van der Waals surface area contributed by atoms with Gasteiger partial charge in [0.1, 0.15) is 17.5 Å². The van der Waals surface area contributed by atoms with Gasteiger partial charge in [-0.15, -0.1) is 0 Å². The molecular formula is C25H34N2O4. The third-order valence-electron chi connectivity index (χ3n) is 5.25. The highest BCUT2D eigenvalue weighted by Crippen LogP contribution is 2.18. The zero-order chi connectivity index (χ0) is 22.8. The van der Waals surface area contributed by atoms with Gasteiger partial charge in [0.25, 0.3) is 5.91 Å². The van der Waals surface area contributed by atoms with Crippen LogP contribution in [-0.2, 0) is 16.1 Å². The zero-order valence-corrected chi connectivity index (χ0v) is 19.2. The fourth-order valence-corrected chi connectivity index (χ4v) is 3.22. The van der Waals surface area contributed by atoms with Gasteiger partial charge in [-0.25, -0.2) is 0 Å². The molecule has 0 fully saturated rings. The number of ether oxygens (including phenoxy) is 2. The Morgan fingerprint density at radius 3 is 2.32 bits per heavy atom. The predicted octanol–water partition coefficient (Wildman–Crippen LogP) is 4.10. The quantitative estimate of drug-likeness (QED) is 0.587. The number of hydrogen-bond donors (Lipinski definition) is 1. The number of rotatable bonds is 11. The summed E-state index contributed by atoms with van der Waals surface area (Å²) in [6.45, 7) is 8.04. The molecule has 2 rings (SSSR count). The molecule has 2 amide bonds. The van der Waals surface area contributed by atoms with E-state index in [0.29, 0.717) is 18.7 Å². The molecule has 0 radical (unpaired) electrons. The topological polar surface area (TPSA) is 67.9 Å². The van der Waals surface area contributed by atoms with Gasteiger partial charge in [-0.3, -0.25) is 9.59 Å². The SMILES string of the molecule is CC[C@@H](C)NC(=O)[C@@H](CC)N(Cc1ccc(OC)cc1)C(=O)COc1cccc(C)c1. The van der Waals surface area contributed by atoms with Gasteiger partial charge in [-0.1, -0.05) is 38.1 Å². The van der Waals surface area contributed by atoms with Crippen LogP contribution in [-0.4, -0.2) is 42.5 Å². The highest BCUT2D eigenvalue weighted by atomic mass is 16.5. The van der Waals surface area contributed by atoms with E-state index in [1.165, 1.54) is 0 Å². The van der Waals surface area contributed by atoms with Crippen molar-refractivity contribution >= 4 is 11.8 Å². The molecule has 0 aliphatic rings. The fraction of sp³-hybridized carbons (Fsp3) is 0.440. The Morgan fingerprint density at radius 1 is 1.03 bits per heavy atom. The van der Waals surface area contributed by atoms with E-state index in [0.717, 1.165) is 23.3 Å². The van der Waals surface area contributed by atoms with Gasteiger partial charge >= 0.3 is 0 Å². The van der Waals surface area contributed by atoms with Crippen molar-refractivity contribution in [2.45, 2.75) is 59.2 Å². The minimum atomic E-state index is -0.579. The van der Waals surface area contributed by atoms with Crippen molar-refractivity contribution in [1.29, 1.82) is 0 Å². The van der Waals surface area contributed by atoms with Gasteiger partial charge in [0, 0.05) is 12.6 Å². The van der Waals surface area contributed by atoms with Gasteiger partial charge in [0.2, 0.25) is 5.91 Å². The summed E-state index contributed by atoms with van der Waals surface area (Å²) in [4.78, 5) is 27.7.